The maximum Gasteiger partial charge on any atom is 0.274 e. The molecule has 9 nitrogen and oxygen atoms in total. The van der Waals surface area contributed by atoms with Crippen LogP contribution in [0.1, 0.15) is 27.7 Å². The zero-order chi connectivity index (χ0) is 25.7. The van der Waals surface area contributed by atoms with Crippen LogP contribution in [0.25, 0.3) is 10.9 Å². The van der Waals surface area contributed by atoms with Crippen LogP contribution in [0, 0.1) is 0 Å². The average Bonchev–Trinajstić information content (AvgIpc) is 3.62. The van der Waals surface area contributed by atoms with Gasteiger partial charge in [-0.2, -0.15) is 0 Å². The molecule has 0 radical (unpaired) electrons. The van der Waals surface area contributed by atoms with Gasteiger partial charge >= 0.3 is 0 Å². The molecule has 6 rings (SSSR count). The number of carbonyl (C=O) groups is 1. The molecule has 3 aromatic carbocycles. The molecule has 0 spiro atoms. The highest BCUT2D eigenvalue weighted by Crippen LogP contribution is 2.29. The first kappa shape index (κ1) is 24.0. The summed E-state index contributed by atoms with van der Waals surface area (Å²) < 4.78 is 2.09. The van der Waals surface area contributed by atoms with Crippen molar-refractivity contribution in [3.63, 3.8) is 0 Å². The average molecular weight is 507 g/mol. The van der Waals surface area contributed by atoms with Gasteiger partial charge < -0.3 is 4.57 Å². The Morgan fingerprint density at radius 3 is 2.16 bits per heavy atom. The summed E-state index contributed by atoms with van der Waals surface area (Å²) in [6.45, 7) is 5.48. The van der Waals surface area contributed by atoms with Gasteiger partial charge in [-0.05, 0) is 33.7 Å². The zero-order valence-corrected chi connectivity index (χ0v) is 21.1. The molecular weight excluding hydrogens is 476 g/mol. The molecule has 1 aliphatic heterocycles. The first-order valence-corrected chi connectivity index (χ1v) is 13.0. The third-order valence-electron chi connectivity index (χ3n) is 7.26. The van der Waals surface area contributed by atoms with Crippen LogP contribution in [0.4, 0.5) is 5.95 Å². The lowest BCUT2D eigenvalue weighted by Crippen LogP contribution is -2.48. The Hall–Kier alpha value is -4.34. The fourth-order valence-corrected chi connectivity index (χ4v) is 5.39. The van der Waals surface area contributed by atoms with Crippen molar-refractivity contribution in [2.24, 2.45) is 0 Å². The number of aromatic nitrogens is 5. The van der Waals surface area contributed by atoms with Gasteiger partial charge in [0.15, 0.2) is 0 Å². The summed E-state index contributed by atoms with van der Waals surface area (Å²) in [7, 11) is 0. The van der Waals surface area contributed by atoms with Crippen LogP contribution in [-0.4, -0.2) is 73.6 Å². The molecule has 1 aliphatic rings. The summed E-state index contributed by atoms with van der Waals surface area (Å²) in [4.78, 5) is 18.1. The second-order valence-corrected chi connectivity index (χ2v) is 9.55. The van der Waals surface area contributed by atoms with E-state index in [9.17, 15) is 4.79 Å². The van der Waals surface area contributed by atoms with E-state index in [0.29, 0.717) is 12.2 Å². The lowest BCUT2D eigenvalue weighted by atomic mass is 9.96. The highest BCUT2D eigenvalue weighted by molar-refractivity contribution is 6.05. The molecule has 1 fully saturated rings. The normalized spacial score (nSPS) is 14.8. The van der Waals surface area contributed by atoms with Crippen molar-refractivity contribution in [1.82, 2.24) is 35.0 Å². The van der Waals surface area contributed by atoms with Gasteiger partial charge in [0.1, 0.15) is 5.69 Å². The van der Waals surface area contributed by atoms with Crippen LogP contribution >= 0.6 is 0 Å². The minimum atomic E-state index is -0.238. The summed E-state index contributed by atoms with van der Waals surface area (Å²) in [5.41, 5.74) is 4.28. The SMILES string of the molecule is O=C(Nc1nnn[nH]1)c1cc2ccccc2n1CCN1CCN(C(c2ccccc2)c2ccccc2)CC1. The number of aromatic amines is 1. The van der Waals surface area contributed by atoms with E-state index in [1.807, 2.05) is 24.3 Å². The molecule has 2 aromatic heterocycles. The maximum absolute atomic E-state index is 13.1. The van der Waals surface area contributed by atoms with E-state index in [1.54, 1.807) is 0 Å². The Morgan fingerprint density at radius 2 is 1.50 bits per heavy atom. The topological polar surface area (TPSA) is 95.0 Å². The number of rotatable bonds is 8. The van der Waals surface area contributed by atoms with Gasteiger partial charge in [-0.25, -0.2) is 5.10 Å². The number of nitrogens with one attached hydrogen (secondary N) is 2. The number of benzene rings is 3. The van der Waals surface area contributed by atoms with Crippen molar-refractivity contribution >= 4 is 22.8 Å². The number of tetrazole rings is 1. The summed E-state index contributed by atoms with van der Waals surface area (Å²) in [6.07, 6.45) is 0. The minimum Gasteiger partial charge on any atom is -0.335 e. The summed E-state index contributed by atoms with van der Waals surface area (Å²) in [5.74, 6) is -0.00699. The van der Waals surface area contributed by atoms with Crippen LogP contribution < -0.4 is 5.32 Å². The van der Waals surface area contributed by atoms with Crippen molar-refractivity contribution in [2.75, 3.05) is 38.0 Å². The highest BCUT2D eigenvalue weighted by atomic mass is 16.2. The largest absolute Gasteiger partial charge is 0.335 e. The first-order valence-electron chi connectivity index (χ1n) is 13.0. The molecule has 5 aromatic rings. The Morgan fingerprint density at radius 1 is 0.842 bits per heavy atom. The van der Waals surface area contributed by atoms with Crippen molar-refractivity contribution in [2.45, 2.75) is 12.6 Å². The van der Waals surface area contributed by atoms with Crippen LogP contribution in [0.3, 0.4) is 0 Å². The predicted molar refractivity (Wildman–Crippen MR) is 147 cm³/mol. The molecular formula is C29H30N8O. The van der Waals surface area contributed by atoms with Gasteiger partial charge in [0.25, 0.3) is 5.91 Å². The van der Waals surface area contributed by atoms with Gasteiger partial charge in [0, 0.05) is 50.2 Å². The molecule has 38 heavy (non-hydrogen) atoms. The highest BCUT2D eigenvalue weighted by Gasteiger charge is 2.26. The molecule has 9 heteroatoms. The second-order valence-electron chi connectivity index (χ2n) is 9.55. The molecule has 0 bridgehead atoms. The quantitative estimate of drug-likeness (QED) is 0.332. The van der Waals surface area contributed by atoms with Gasteiger partial charge in [-0.3, -0.25) is 19.9 Å². The lowest BCUT2D eigenvalue weighted by Gasteiger charge is -2.40. The van der Waals surface area contributed by atoms with Gasteiger partial charge in [0.05, 0.1) is 6.04 Å². The van der Waals surface area contributed by atoms with Gasteiger partial charge in [-0.1, -0.05) is 84.0 Å². The number of piperazine rings is 1. The second kappa shape index (κ2) is 11.0. The van der Waals surface area contributed by atoms with Gasteiger partial charge in [0.2, 0.25) is 5.95 Å². The molecule has 192 valence electrons. The third kappa shape index (κ3) is 5.06. The van der Waals surface area contributed by atoms with E-state index in [-0.39, 0.29) is 17.9 Å². The molecule has 0 saturated carbocycles. The lowest BCUT2D eigenvalue weighted by molar-refractivity contribution is 0.100. The summed E-state index contributed by atoms with van der Waals surface area (Å²) in [5, 5.41) is 17.2. The van der Waals surface area contributed by atoms with Crippen molar-refractivity contribution < 1.29 is 4.79 Å². The Kier molecular flexibility index (Phi) is 6.93. The Labute approximate surface area is 221 Å². The maximum atomic E-state index is 13.1. The van der Waals surface area contributed by atoms with Crippen LogP contribution in [0.5, 0.6) is 0 Å². The monoisotopic (exact) mass is 506 g/mol. The van der Waals surface area contributed by atoms with Gasteiger partial charge in [-0.15, -0.1) is 0 Å². The molecule has 1 saturated heterocycles. The zero-order valence-electron chi connectivity index (χ0n) is 21.1. The number of hydrogen-bond acceptors (Lipinski definition) is 6. The minimum absolute atomic E-state index is 0.231. The number of amides is 1. The predicted octanol–water partition coefficient (Wildman–Crippen LogP) is 3.81. The first-order chi connectivity index (χ1) is 18.8. The number of hydrogen-bond donors (Lipinski definition) is 2. The molecule has 3 heterocycles. The summed E-state index contributed by atoms with van der Waals surface area (Å²) >= 11 is 0. The standard InChI is InChI=1S/C29H30N8O/c38-28(30-29-31-33-34-32-29)26-21-24-13-7-8-14-25(24)37(26)20-17-35-15-18-36(19-16-35)27(22-9-3-1-4-10-22)23-11-5-2-6-12-23/h1-14,21,27H,15-20H2,(H2,30,31,32,33,34,38). The number of para-hydroxylation sites is 1. The van der Waals surface area contributed by atoms with Crippen molar-refractivity contribution in [3.8, 4) is 0 Å². The molecule has 2 N–H and O–H groups in total. The van der Waals surface area contributed by atoms with E-state index in [1.165, 1.54) is 11.1 Å². The van der Waals surface area contributed by atoms with Crippen LogP contribution in [-0.2, 0) is 6.54 Å². The fourth-order valence-electron chi connectivity index (χ4n) is 5.39. The van der Waals surface area contributed by atoms with Crippen molar-refractivity contribution in [1.29, 1.82) is 0 Å². The number of nitrogens with zero attached hydrogens (tertiary/aromatic N) is 6. The summed E-state index contributed by atoms with van der Waals surface area (Å²) in [6, 6.07) is 31.8. The Bertz CT molecular complexity index is 1440. The Balaban J connectivity index is 1.15. The van der Waals surface area contributed by atoms with E-state index < -0.39 is 0 Å². The number of carbonyl (C=O) groups excluding carboxylic acids is 1. The smallest absolute Gasteiger partial charge is 0.274 e. The van der Waals surface area contributed by atoms with Crippen LogP contribution in [0.15, 0.2) is 91.0 Å². The number of anilines is 1. The molecule has 0 aliphatic carbocycles. The van der Waals surface area contributed by atoms with E-state index in [2.05, 4.69) is 107 Å². The van der Waals surface area contributed by atoms with Crippen molar-refractivity contribution in [3.05, 3.63) is 108 Å². The van der Waals surface area contributed by atoms with E-state index in [0.717, 1.165) is 43.6 Å². The van der Waals surface area contributed by atoms with E-state index in [4.69, 9.17) is 0 Å². The number of fused-ring (bicyclic) bond motifs is 1. The molecule has 0 unspecified atom stereocenters. The van der Waals surface area contributed by atoms with Crippen LogP contribution in [0.2, 0.25) is 0 Å². The molecule has 1 amide bonds. The number of H-pyrrole nitrogens is 1. The fraction of sp³-hybridized carbons (Fsp3) is 0.241. The third-order valence-corrected chi connectivity index (χ3v) is 7.26. The molecule has 0 atom stereocenters. The van der Waals surface area contributed by atoms with E-state index >= 15 is 0 Å².